The van der Waals surface area contributed by atoms with Crippen molar-refractivity contribution in [3.05, 3.63) is 34.3 Å². The van der Waals surface area contributed by atoms with Crippen LogP contribution in [-0.4, -0.2) is 37.5 Å². The number of nitrogens with zero attached hydrogens (tertiary/aromatic N) is 1. The first-order valence-electron chi connectivity index (χ1n) is 6.40. The summed E-state index contributed by atoms with van der Waals surface area (Å²) in [6.45, 7) is 2.80. The second-order valence-electron chi connectivity index (χ2n) is 4.80. The van der Waals surface area contributed by atoms with Gasteiger partial charge in [-0.1, -0.05) is 22.0 Å². The van der Waals surface area contributed by atoms with Crippen LogP contribution < -0.4 is 5.32 Å². The second kappa shape index (κ2) is 6.34. The fourth-order valence-electron chi connectivity index (χ4n) is 2.43. The molecule has 3 nitrogen and oxygen atoms in total. The number of amides is 1. The van der Waals surface area contributed by atoms with Crippen LogP contribution in [0.5, 0.6) is 0 Å². The van der Waals surface area contributed by atoms with Gasteiger partial charge in [-0.15, -0.1) is 0 Å². The van der Waals surface area contributed by atoms with Crippen LogP contribution in [0.25, 0.3) is 0 Å². The minimum absolute atomic E-state index is 0.152. The molecule has 0 unspecified atom stereocenters. The van der Waals surface area contributed by atoms with Gasteiger partial charge in [0.15, 0.2) is 0 Å². The molecule has 1 saturated heterocycles. The Morgan fingerprint density at radius 2 is 2.17 bits per heavy atom. The van der Waals surface area contributed by atoms with Gasteiger partial charge in [-0.2, -0.15) is 0 Å². The van der Waals surface area contributed by atoms with Crippen LogP contribution in [0.15, 0.2) is 28.7 Å². The predicted molar refractivity (Wildman–Crippen MR) is 76.7 cm³/mol. The zero-order valence-electron chi connectivity index (χ0n) is 10.7. The van der Waals surface area contributed by atoms with Crippen molar-refractivity contribution in [1.82, 2.24) is 10.2 Å². The normalized spacial score (nSPS) is 16.9. The van der Waals surface area contributed by atoms with Crippen molar-refractivity contribution in [3.8, 4) is 0 Å². The molecule has 1 fully saturated rings. The summed E-state index contributed by atoms with van der Waals surface area (Å²) in [5.41, 5.74) is 0.774. The molecule has 1 N–H and O–H groups in total. The highest BCUT2D eigenvalue weighted by Gasteiger charge is 2.23. The number of piperidine rings is 1. The van der Waals surface area contributed by atoms with Crippen molar-refractivity contribution in [2.75, 3.05) is 26.7 Å². The topological polar surface area (TPSA) is 32.3 Å². The number of benzene rings is 1. The van der Waals surface area contributed by atoms with Crippen molar-refractivity contribution < 1.29 is 4.79 Å². The molecule has 4 heteroatoms. The summed E-state index contributed by atoms with van der Waals surface area (Å²) >= 11 is 3.41. The number of hydrogen-bond donors (Lipinski definition) is 1. The van der Waals surface area contributed by atoms with E-state index in [0.717, 1.165) is 42.5 Å². The lowest BCUT2D eigenvalue weighted by Crippen LogP contribution is -2.40. The van der Waals surface area contributed by atoms with E-state index in [1.807, 2.05) is 36.2 Å². The Balaban J connectivity index is 1.95. The molecule has 1 aliphatic heterocycles. The minimum Gasteiger partial charge on any atom is -0.339 e. The molecule has 98 valence electrons. The smallest absolute Gasteiger partial charge is 0.253 e. The Morgan fingerprint density at radius 3 is 2.78 bits per heavy atom. The second-order valence-corrected chi connectivity index (χ2v) is 5.72. The molecule has 1 aliphatic rings. The molecule has 0 radical (unpaired) electrons. The average molecular weight is 311 g/mol. The monoisotopic (exact) mass is 310 g/mol. The number of likely N-dealkylation sites (tertiary alicyclic amines) is 1. The first-order valence-corrected chi connectivity index (χ1v) is 7.19. The molecule has 1 aromatic carbocycles. The first kappa shape index (κ1) is 13.6. The molecule has 1 amide bonds. The molecule has 0 bridgehead atoms. The van der Waals surface area contributed by atoms with Gasteiger partial charge in [-0.25, -0.2) is 0 Å². The van der Waals surface area contributed by atoms with Crippen molar-refractivity contribution >= 4 is 21.8 Å². The number of hydrogen-bond acceptors (Lipinski definition) is 2. The average Bonchev–Trinajstić information content (AvgIpc) is 2.39. The number of carbonyl (C=O) groups is 1. The third kappa shape index (κ3) is 3.33. The van der Waals surface area contributed by atoms with Crippen LogP contribution in [0.3, 0.4) is 0 Å². The van der Waals surface area contributed by atoms with Gasteiger partial charge in [0, 0.05) is 23.1 Å². The van der Waals surface area contributed by atoms with Crippen LogP contribution in [0.4, 0.5) is 0 Å². The van der Waals surface area contributed by atoms with Gasteiger partial charge in [0.05, 0.1) is 0 Å². The standard InChI is InChI=1S/C14H19BrN2O/c1-16-10-11-5-7-17(8-6-11)14(18)12-3-2-4-13(15)9-12/h2-4,9,11,16H,5-8,10H2,1H3. The number of halogens is 1. The molecular weight excluding hydrogens is 292 g/mol. The van der Waals surface area contributed by atoms with Crippen molar-refractivity contribution in [2.24, 2.45) is 5.92 Å². The van der Waals surface area contributed by atoms with Gasteiger partial charge >= 0.3 is 0 Å². The first-order chi connectivity index (χ1) is 8.70. The van der Waals surface area contributed by atoms with E-state index >= 15 is 0 Å². The highest BCUT2D eigenvalue weighted by atomic mass is 79.9. The summed E-state index contributed by atoms with van der Waals surface area (Å²) in [5.74, 6) is 0.862. The van der Waals surface area contributed by atoms with Gasteiger partial charge in [0.1, 0.15) is 0 Å². The molecule has 0 spiro atoms. The van der Waals surface area contributed by atoms with Crippen LogP contribution in [0.2, 0.25) is 0 Å². The van der Waals surface area contributed by atoms with Crippen molar-refractivity contribution in [2.45, 2.75) is 12.8 Å². The number of rotatable bonds is 3. The van der Waals surface area contributed by atoms with E-state index in [0.29, 0.717) is 5.92 Å². The molecule has 1 aromatic rings. The summed E-state index contributed by atoms with van der Waals surface area (Å²) in [7, 11) is 1.99. The Hall–Kier alpha value is -0.870. The molecule has 0 atom stereocenters. The quantitative estimate of drug-likeness (QED) is 0.930. The van der Waals surface area contributed by atoms with Gasteiger partial charge in [0.25, 0.3) is 5.91 Å². The maximum atomic E-state index is 12.3. The lowest BCUT2D eigenvalue weighted by atomic mass is 9.96. The van der Waals surface area contributed by atoms with E-state index in [-0.39, 0.29) is 5.91 Å². The summed E-state index contributed by atoms with van der Waals surface area (Å²) in [5, 5.41) is 3.21. The van der Waals surface area contributed by atoms with E-state index in [9.17, 15) is 4.79 Å². The zero-order valence-corrected chi connectivity index (χ0v) is 12.2. The van der Waals surface area contributed by atoms with E-state index < -0.39 is 0 Å². The SMILES string of the molecule is CNCC1CCN(C(=O)c2cccc(Br)c2)CC1. The summed E-state index contributed by atoms with van der Waals surface area (Å²) in [6.07, 6.45) is 2.20. The number of carbonyl (C=O) groups excluding carboxylic acids is 1. The Labute approximate surface area is 117 Å². The predicted octanol–water partition coefficient (Wildman–Crippen LogP) is 2.52. The maximum absolute atomic E-state index is 12.3. The molecule has 0 saturated carbocycles. The van der Waals surface area contributed by atoms with E-state index in [1.165, 1.54) is 0 Å². The largest absolute Gasteiger partial charge is 0.339 e. The van der Waals surface area contributed by atoms with Gasteiger partial charge in [-0.3, -0.25) is 4.79 Å². The van der Waals surface area contributed by atoms with Crippen molar-refractivity contribution in [1.29, 1.82) is 0 Å². The molecule has 0 aromatic heterocycles. The fraction of sp³-hybridized carbons (Fsp3) is 0.500. The van der Waals surface area contributed by atoms with E-state index in [2.05, 4.69) is 21.2 Å². The fourth-order valence-corrected chi connectivity index (χ4v) is 2.83. The van der Waals surface area contributed by atoms with Crippen LogP contribution in [-0.2, 0) is 0 Å². The Bertz CT molecular complexity index is 414. The highest BCUT2D eigenvalue weighted by Crippen LogP contribution is 2.19. The molecular formula is C14H19BrN2O. The maximum Gasteiger partial charge on any atom is 0.253 e. The van der Waals surface area contributed by atoms with Gasteiger partial charge in [-0.05, 0) is 50.6 Å². The lowest BCUT2D eigenvalue weighted by Gasteiger charge is -2.32. The zero-order chi connectivity index (χ0) is 13.0. The summed E-state index contributed by atoms with van der Waals surface area (Å²) in [6, 6.07) is 7.62. The minimum atomic E-state index is 0.152. The van der Waals surface area contributed by atoms with Gasteiger partial charge < -0.3 is 10.2 Å². The van der Waals surface area contributed by atoms with Crippen molar-refractivity contribution in [3.63, 3.8) is 0 Å². The number of nitrogens with one attached hydrogen (secondary N) is 1. The van der Waals surface area contributed by atoms with Crippen LogP contribution in [0, 0.1) is 5.92 Å². The lowest BCUT2D eigenvalue weighted by molar-refractivity contribution is 0.0691. The molecule has 18 heavy (non-hydrogen) atoms. The van der Waals surface area contributed by atoms with Crippen LogP contribution >= 0.6 is 15.9 Å². The molecule has 0 aliphatic carbocycles. The van der Waals surface area contributed by atoms with Gasteiger partial charge in [0.2, 0.25) is 0 Å². The Morgan fingerprint density at radius 1 is 1.44 bits per heavy atom. The third-order valence-electron chi connectivity index (χ3n) is 3.47. The molecule has 1 heterocycles. The highest BCUT2D eigenvalue weighted by molar-refractivity contribution is 9.10. The molecule has 2 rings (SSSR count). The Kier molecular flexibility index (Phi) is 4.78. The summed E-state index contributed by atoms with van der Waals surface area (Å²) < 4.78 is 0.957. The van der Waals surface area contributed by atoms with E-state index in [1.54, 1.807) is 0 Å². The third-order valence-corrected chi connectivity index (χ3v) is 3.96. The van der Waals surface area contributed by atoms with Crippen LogP contribution in [0.1, 0.15) is 23.2 Å². The van der Waals surface area contributed by atoms with E-state index in [4.69, 9.17) is 0 Å². The summed E-state index contributed by atoms with van der Waals surface area (Å²) in [4.78, 5) is 14.3.